The predicted octanol–water partition coefficient (Wildman–Crippen LogP) is 23.3. The third-order valence-corrected chi connectivity index (χ3v) is 14.9. The molecule has 6 nitrogen and oxygen atoms in total. The van der Waals surface area contributed by atoms with Gasteiger partial charge in [0.2, 0.25) is 0 Å². The molecule has 0 bridgehead atoms. The van der Waals surface area contributed by atoms with Crippen LogP contribution in [0.5, 0.6) is 0 Å². The molecule has 6 heteroatoms. The van der Waals surface area contributed by atoms with Crippen LogP contribution in [0.4, 0.5) is 0 Å². The van der Waals surface area contributed by atoms with E-state index < -0.39 is 6.10 Å². The SMILES string of the molecule is CC/C=C\C/C=C\C/C=C\C/C=C\CCCCCCCCCCCCCCCCCCCCCCC(=O)OCC(COC(=O)CCCCCCCCCC)OC(=O)CCCCCCCCCCC/C=C\C/C=C\CCCCC. The van der Waals surface area contributed by atoms with E-state index in [0.717, 1.165) is 89.9 Å². The number of unbranched alkanes of at least 4 members (excludes halogenated alkanes) is 39. The molecule has 0 amide bonds. The summed E-state index contributed by atoms with van der Waals surface area (Å²) in [6, 6.07) is 0. The Hall–Kier alpha value is -3.15. The first-order chi connectivity index (χ1) is 38.5. The molecular weight excluding hydrogens is 961 g/mol. The summed E-state index contributed by atoms with van der Waals surface area (Å²) in [5, 5.41) is 0. The molecule has 0 aromatic carbocycles. The van der Waals surface area contributed by atoms with Crippen molar-refractivity contribution >= 4 is 17.9 Å². The van der Waals surface area contributed by atoms with Crippen molar-refractivity contribution in [1.29, 1.82) is 0 Å². The molecule has 0 heterocycles. The number of hydrogen-bond donors (Lipinski definition) is 0. The summed E-state index contributed by atoms with van der Waals surface area (Å²) < 4.78 is 16.9. The Morgan fingerprint density at radius 1 is 0.269 bits per heavy atom. The fraction of sp³-hybridized carbons (Fsp3) is 0.792. The largest absolute Gasteiger partial charge is 0.462 e. The van der Waals surface area contributed by atoms with Gasteiger partial charge in [-0.1, -0.05) is 312 Å². The zero-order valence-electron chi connectivity index (χ0n) is 51.9. The second-order valence-electron chi connectivity index (χ2n) is 22.7. The Bertz CT molecular complexity index is 1440. The van der Waals surface area contributed by atoms with Gasteiger partial charge in [0.15, 0.2) is 6.10 Å². The van der Waals surface area contributed by atoms with Crippen molar-refractivity contribution in [2.75, 3.05) is 13.2 Å². The van der Waals surface area contributed by atoms with Crippen LogP contribution >= 0.6 is 0 Å². The molecule has 0 rings (SSSR count). The van der Waals surface area contributed by atoms with E-state index in [1.54, 1.807) is 0 Å². The average molecular weight is 1090 g/mol. The van der Waals surface area contributed by atoms with Crippen molar-refractivity contribution in [3.05, 3.63) is 72.9 Å². The van der Waals surface area contributed by atoms with Crippen LogP contribution < -0.4 is 0 Å². The highest BCUT2D eigenvalue weighted by molar-refractivity contribution is 5.71. The van der Waals surface area contributed by atoms with Gasteiger partial charge in [-0.2, -0.15) is 0 Å². The molecule has 452 valence electrons. The lowest BCUT2D eigenvalue weighted by molar-refractivity contribution is -0.167. The topological polar surface area (TPSA) is 78.9 Å². The first kappa shape index (κ1) is 74.8. The monoisotopic (exact) mass is 1090 g/mol. The van der Waals surface area contributed by atoms with Crippen LogP contribution in [0.1, 0.15) is 348 Å². The zero-order valence-corrected chi connectivity index (χ0v) is 51.9. The van der Waals surface area contributed by atoms with Crippen LogP contribution in [0.3, 0.4) is 0 Å². The standard InChI is InChI=1S/C72H128O6/c1-4-7-10-13-16-19-21-23-25-27-29-30-31-32-33-34-35-36-37-38-39-40-41-42-44-45-47-49-51-53-56-59-62-65-71(74)77-68-69(67-76-70(73)64-61-58-55-18-15-12-9-6-3)78-72(75)66-63-60-57-54-52-50-48-46-43-28-26-24-22-20-17-14-11-8-5-2/h7,10,16-17,19-20,23-26,29-30,69H,4-6,8-9,11-15,18,21-22,27-28,31-68H2,1-3H3/b10-7-,19-16-,20-17-,25-23-,26-24-,30-29-. The van der Waals surface area contributed by atoms with Crippen molar-refractivity contribution in [2.24, 2.45) is 0 Å². The number of hydrogen-bond acceptors (Lipinski definition) is 6. The van der Waals surface area contributed by atoms with E-state index in [4.69, 9.17) is 14.2 Å². The summed E-state index contributed by atoms with van der Waals surface area (Å²) in [6.45, 7) is 6.51. The first-order valence-electron chi connectivity index (χ1n) is 33.9. The van der Waals surface area contributed by atoms with E-state index in [-0.39, 0.29) is 31.1 Å². The quantitative estimate of drug-likeness (QED) is 0.0261. The predicted molar refractivity (Wildman–Crippen MR) is 339 cm³/mol. The van der Waals surface area contributed by atoms with Crippen molar-refractivity contribution in [2.45, 2.75) is 354 Å². The molecule has 0 N–H and O–H groups in total. The lowest BCUT2D eigenvalue weighted by Gasteiger charge is -2.18. The number of carbonyl (C=O) groups excluding carboxylic acids is 3. The fourth-order valence-corrected chi connectivity index (χ4v) is 9.88. The second kappa shape index (κ2) is 66.4. The van der Waals surface area contributed by atoms with Gasteiger partial charge in [0.05, 0.1) is 0 Å². The van der Waals surface area contributed by atoms with E-state index in [1.165, 1.54) is 218 Å². The normalized spacial score (nSPS) is 12.5. The van der Waals surface area contributed by atoms with Gasteiger partial charge in [-0.3, -0.25) is 14.4 Å². The van der Waals surface area contributed by atoms with Crippen molar-refractivity contribution in [3.63, 3.8) is 0 Å². The maximum atomic E-state index is 12.9. The van der Waals surface area contributed by atoms with Crippen LogP contribution in [0.25, 0.3) is 0 Å². The Morgan fingerprint density at radius 3 is 0.808 bits per heavy atom. The van der Waals surface area contributed by atoms with E-state index in [9.17, 15) is 14.4 Å². The Balaban J connectivity index is 4.03. The lowest BCUT2D eigenvalue weighted by atomic mass is 10.0. The third-order valence-electron chi connectivity index (χ3n) is 14.9. The minimum absolute atomic E-state index is 0.0717. The van der Waals surface area contributed by atoms with E-state index in [0.29, 0.717) is 19.3 Å². The Morgan fingerprint density at radius 2 is 0.500 bits per heavy atom. The molecule has 0 saturated heterocycles. The van der Waals surface area contributed by atoms with Gasteiger partial charge in [-0.25, -0.2) is 0 Å². The Labute approximate surface area is 484 Å². The van der Waals surface area contributed by atoms with Crippen LogP contribution in [-0.4, -0.2) is 37.2 Å². The van der Waals surface area contributed by atoms with E-state index >= 15 is 0 Å². The second-order valence-corrected chi connectivity index (χ2v) is 22.7. The summed E-state index contributed by atoms with van der Waals surface area (Å²) in [5.41, 5.74) is 0. The van der Waals surface area contributed by atoms with Crippen LogP contribution in [0.2, 0.25) is 0 Å². The maximum absolute atomic E-state index is 12.9. The molecule has 0 aliphatic rings. The van der Waals surface area contributed by atoms with E-state index in [2.05, 4.69) is 93.7 Å². The summed E-state index contributed by atoms with van der Waals surface area (Å²) in [5.74, 6) is -0.862. The third kappa shape index (κ3) is 63.7. The molecule has 0 saturated carbocycles. The molecule has 0 aliphatic heterocycles. The number of ether oxygens (including phenoxy) is 3. The van der Waals surface area contributed by atoms with Crippen molar-refractivity contribution < 1.29 is 28.6 Å². The van der Waals surface area contributed by atoms with Gasteiger partial charge >= 0.3 is 17.9 Å². The summed E-state index contributed by atoms with van der Waals surface area (Å²) in [7, 11) is 0. The lowest BCUT2D eigenvalue weighted by Crippen LogP contribution is -2.30. The Kier molecular flexibility index (Phi) is 63.7. The van der Waals surface area contributed by atoms with Gasteiger partial charge < -0.3 is 14.2 Å². The molecule has 0 aromatic heterocycles. The number of allylic oxidation sites excluding steroid dienone is 12. The van der Waals surface area contributed by atoms with Crippen molar-refractivity contribution in [1.82, 2.24) is 0 Å². The molecule has 0 radical (unpaired) electrons. The molecule has 0 aromatic rings. The first-order valence-corrected chi connectivity index (χ1v) is 33.9. The minimum Gasteiger partial charge on any atom is -0.462 e. The highest BCUT2D eigenvalue weighted by atomic mass is 16.6. The molecular formula is C72H128O6. The van der Waals surface area contributed by atoms with Crippen LogP contribution in [0.15, 0.2) is 72.9 Å². The van der Waals surface area contributed by atoms with Gasteiger partial charge in [-0.05, 0) is 89.9 Å². The summed E-state index contributed by atoms with van der Waals surface area (Å²) in [6.07, 6.45) is 86.6. The molecule has 0 spiro atoms. The summed E-state index contributed by atoms with van der Waals surface area (Å²) >= 11 is 0. The molecule has 1 unspecified atom stereocenters. The van der Waals surface area contributed by atoms with E-state index in [1.807, 2.05) is 0 Å². The maximum Gasteiger partial charge on any atom is 0.306 e. The minimum atomic E-state index is -0.773. The smallest absolute Gasteiger partial charge is 0.306 e. The van der Waals surface area contributed by atoms with Crippen LogP contribution in [-0.2, 0) is 28.6 Å². The van der Waals surface area contributed by atoms with Gasteiger partial charge in [0.1, 0.15) is 13.2 Å². The summed E-state index contributed by atoms with van der Waals surface area (Å²) in [4.78, 5) is 38.2. The van der Waals surface area contributed by atoms with Crippen LogP contribution in [0, 0.1) is 0 Å². The molecule has 0 aliphatic carbocycles. The number of carbonyl (C=O) groups is 3. The van der Waals surface area contributed by atoms with Gasteiger partial charge in [0, 0.05) is 19.3 Å². The number of esters is 3. The molecule has 1 atom stereocenters. The zero-order chi connectivity index (χ0) is 56.4. The van der Waals surface area contributed by atoms with Crippen molar-refractivity contribution in [3.8, 4) is 0 Å². The molecule has 0 fully saturated rings. The van der Waals surface area contributed by atoms with Gasteiger partial charge in [-0.15, -0.1) is 0 Å². The number of rotatable bonds is 62. The average Bonchev–Trinajstić information content (AvgIpc) is 3.44. The van der Waals surface area contributed by atoms with Gasteiger partial charge in [0.25, 0.3) is 0 Å². The highest BCUT2D eigenvalue weighted by Crippen LogP contribution is 2.18. The molecule has 78 heavy (non-hydrogen) atoms. The highest BCUT2D eigenvalue weighted by Gasteiger charge is 2.19. The fourth-order valence-electron chi connectivity index (χ4n) is 9.88.